The van der Waals surface area contributed by atoms with Crippen molar-refractivity contribution in [2.24, 2.45) is 11.3 Å². The van der Waals surface area contributed by atoms with Gasteiger partial charge in [0.2, 0.25) is 0 Å². The van der Waals surface area contributed by atoms with Gasteiger partial charge in [-0.25, -0.2) is 4.79 Å². The normalized spacial score (nSPS) is 50.4. The van der Waals surface area contributed by atoms with Crippen LogP contribution >= 0.6 is 0 Å². The van der Waals surface area contributed by atoms with Crippen LogP contribution in [0.2, 0.25) is 0 Å². The summed E-state index contributed by atoms with van der Waals surface area (Å²) < 4.78 is 35.8. The van der Waals surface area contributed by atoms with Crippen LogP contribution in [0.5, 0.6) is 0 Å². The number of hydrogen-bond donors (Lipinski definition) is 0. The Labute approximate surface area is 209 Å². The van der Waals surface area contributed by atoms with Gasteiger partial charge in [0, 0.05) is 33.1 Å². The van der Waals surface area contributed by atoms with E-state index < -0.39 is 76.4 Å². The molecule has 0 radical (unpaired) electrons. The minimum atomic E-state index is -1.36. The quantitative estimate of drug-likeness (QED) is 0.319. The van der Waals surface area contributed by atoms with Gasteiger partial charge in [-0.3, -0.25) is 14.4 Å². The summed E-state index contributed by atoms with van der Waals surface area (Å²) in [4.78, 5) is 50.0. The fourth-order valence-corrected chi connectivity index (χ4v) is 6.93. The van der Waals surface area contributed by atoms with Gasteiger partial charge in [0.05, 0.1) is 17.1 Å². The standard InChI is InChI=1S/C26H32O10/c1-12-8-9-16(31-13(2)27)23(5)17(32-14(3)28)11-18-24(6,35-18)20(23)21(33-15(4)29)26-19(10-12)34-22(30)25(26,7)36-26/h8-10,16-21H,11H2,1-7H3/b9-8+,12-10-/t16-,17-,18+,19-,20+,21-,23-,24+,25-,26-/m0/s1. The Kier molecular flexibility index (Phi) is 5.30. The largest absolute Gasteiger partial charge is 0.462 e. The molecule has 10 heteroatoms. The van der Waals surface area contributed by atoms with Gasteiger partial charge in [0.25, 0.3) is 0 Å². The molecule has 1 saturated carbocycles. The molecule has 4 fully saturated rings. The zero-order valence-corrected chi connectivity index (χ0v) is 21.5. The number of carbonyl (C=O) groups excluding carboxylic acids is 4. The number of epoxide rings is 2. The first kappa shape index (κ1) is 25.0. The zero-order valence-electron chi connectivity index (χ0n) is 21.5. The lowest BCUT2D eigenvalue weighted by Crippen LogP contribution is -2.66. The van der Waals surface area contributed by atoms with Crippen LogP contribution in [0.4, 0.5) is 0 Å². The number of fused-ring (bicyclic) bond motifs is 3. The highest BCUT2D eigenvalue weighted by Crippen LogP contribution is 2.69. The second kappa shape index (κ2) is 7.64. The molecule has 3 saturated heterocycles. The molecule has 5 rings (SSSR count). The van der Waals surface area contributed by atoms with Crippen molar-refractivity contribution in [2.75, 3.05) is 0 Å². The van der Waals surface area contributed by atoms with Crippen LogP contribution < -0.4 is 0 Å². The van der Waals surface area contributed by atoms with E-state index in [0.717, 1.165) is 5.57 Å². The van der Waals surface area contributed by atoms with Gasteiger partial charge in [-0.05, 0) is 32.9 Å². The van der Waals surface area contributed by atoms with E-state index in [4.69, 9.17) is 28.4 Å². The van der Waals surface area contributed by atoms with Gasteiger partial charge in [0.15, 0.2) is 17.3 Å². The predicted molar refractivity (Wildman–Crippen MR) is 121 cm³/mol. The van der Waals surface area contributed by atoms with Crippen LogP contribution in [0, 0.1) is 11.3 Å². The Hall–Kier alpha value is -2.72. The zero-order chi connectivity index (χ0) is 26.4. The van der Waals surface area contributed by atoms with E-state index in [2.05, 4.69) is 0 Å². The molecule has 196 valence electrons. The number of hydrogen-bond acceptors (Lipinski definition) is 10. The van der Waals surface area contributed by atoms with E-state index in [9.17, 15) is 19.2 Å². The molecule has 0 aromatic heterocycles. The molecule has 0 amide bonds. The van der Waals surface area contributed by atoms with E-state index in [0.29, 0.717) is 6.42 Å². The lowest BCUT2D eigenvalue weighted by Gasteiger charge is -2.53. The van der Waals surface area contributed by atoms with Gasteiger partial charge >= 0.3 is 23.9 Å². The second-order valence-corrected chi connectivity index (χ2v) is 11.1. The van der Waals surface area contributed by atoms with Crippen molar-refractivity contribution in [1.82, 2.24) is 0 Å². The highest BCUT2D eigenvalue weighted by Gasteiger charge is 2.89. The summed E-state index contributed by atoms with van der Waals surface area (Å²) in [6.07, 6.45) is 1.77. The molecule has 2 aliphatic carbocycles. The molecular formula is C26H32O10. The molecule has 3 heterocycles. The summed E-state index contributed by atoms with van der Waals surface area (Å²) in [5.41, 5.74) is -3.95. The fourth-order valence-electron chi connectivity index (χ4n) is 6.93. The number of carbonyl (C=O) groups is 4. The van der Waals surface area contributed by atoms with Crippen molar-refractivity contribution in [1.29, 1.82) is 0 Å². The van der Waals surface area contributed by atoms with Crippen LogP contribution in [0.15, 0.2) is 23.8 Å². The maximum absolute atomic E-state index is 13.0. The van der Waals surface area contributed by atoms with Crippen molar-refractivity contribution in [3.8, 4) is 0 Å². The van der Waals surface area contributed by atoms with Crippen molar-refractivity contribution >= 4 is 23.9 Å². The van der Waals surface area contributed by atoms with E-state index in [1.165, 1.54) is 20.8 Å². The fraction of sp³-hybridized carbons (Fsp3) is 0.692. The van der Waals surface area contributed by atoms with Crippen LogP contribution in [0.3, 0.4) is 0 Å². The molecule has 0 unspecified atom stereocenters. The van der Waals surface area contributed by atoms with Crippen LogP contribution in [0.25, 0.3) is 0 Å². The van der Waals surface area contributed by atoms with E-state index in [1.807, 2.05) is 20.8 Å². The van der Waals surface area contributed by atoms with Crippen LogP contribution in [-0.4, -0.2) is 71.2 Å². The van der Waals surface area contributed by atoms with Gasteiger partial charge in [-0.15, -0.1) is 0 Å². The molecule has 5 aliphatic rings. The molecule has 1 spiro atoms. The van der Waals surface area contributed by atoms with E-state index >= 15 is 0 Å². The van der Waals surface area contributed by atoms with Gasteiger partial charge in [0.1, 0.15) is 18.3 Å². The summed E-state index contributed by atoms with van der Waals surface area (Å²) in [5.74, 6) is -2.88. The number of rotatable bonds is 3. The third-order valence-corrected chi connectivity index (χ3v) is 8.69. The van der Waals surface area contributed by atoms with Gasteiger partial charge in [-0.2, -0.15) is 0 Å². The molecule has 10 nitrogen and oxygen atoms in total. The Bertz CT molecular complexity index is 1110. The number of allylic oxidation sites excluding steroid dienone is 2. The summed E-state index contributed by atoms with van der Waals surface area (Å²) in [7, 11) is 0. The summed E-state index contributed by atoms with van der Waals surface area (Å²) in [5, 5.41) is 0. The Morgan fingerprint density at radius 1 is 1.00 bits per heavy atom. The van der Waals surface area contributed by atoms with Crippen molar-refractivity contribution in [2.45, 2.75) is 102 Å². The Morgan fingerprint density at radius 2 is 1.64 bits per heavy atom. The SMILES string of the molecule is CC(=O)O[C@H]1/C=C/C(C)=C\[C@@H]2OC(=O)[C@]3(C)O[C@]23[C@@H](OC(C)=O)[C@H]2[C@]3(C)O[C@@H]3C[C@H](OC(C)=O)[C@]12C. The Morgan fingerprint density at radius 3 is 2.22 bits per heavy atom. The number of esters is 4. The number of ether oxygens (including phenoxy) is 6. The van der Waals surface area contributed by atoms with Crippen molar-refractivity contribution in [3.05, 3.63) is 23.8 Å². The molecule has 0 N–H and O–H groups in total. The summed E-state index contributed by atoms with van der Waals surface area (Å²) in [6, 6.07) is 0. The first-order chi connectivity index (χ1) is 16.7. The smallest absolute Gasteiger partial charge is 0.342 e. The minimum Gasteiger partial charge on any atom is -0.462 e. The third-order valence-electron chi connectivity index (χ3n) is 8.69. The highest BCUT2D eigenvalue weighted by molar-refractivity contribution is 5.89. The predicted octanol–water partition coefficient (Wildman–Crippen LogP) is 1.93. The molecule has 0 aromatic rings. The maximum atomic E-state index is 13.0. The molecule has 10 atom stereocenters. The van der Waals surface area contributed by atoms with Crippen molar-refractivity contribution < 1.29 is 47.6 Å². The maximum Gasteiger partial charge on any atom is 0.342 e. The van der Waals surface area contributed by atoms with Gasteiger partial charge < -0.3 is 28.4 Å². The Balaban J connectivity index is 1.78. The lowest BCUT2D eigenvalue weighted by atomic mass is 9.54. The topological polar surface area (TPSA) is 130 Å². The second-order valence-electron chi connectivity index (χ2n) is 11.1. The first-order valence-corrected chi connectivity index (χ1v) is 12.2. The summed E-state index contributed by atoms with van der Waals surface area (Å²) >= 11 is 0. The molecular weight excluding hydrogens is 472 g/mol. The molecule has 36 heavy (non-hydrogen) atoms. The molecule has 0 bridgehead atoms. The van der Waals surface area contributed by atoms with Crippen LogP contribution in [0.1, 0.15) is 54.9 Å². The average Bonchev–Trinajstić information content (AvgIpc) is 3.58. The lowest BCUT2D eigenvalue weighted by molar-refractivity contribution is -0.205. The minimum absolute atomic E-state index is 0.307. The van der Waals surface area contributed by atoms with E-state index in [1.54, 1.807) is 25.2 Å². The van der Waals surface area contributed by atoms with Crippen molar-refractivity contribution in [3.63, 3.8) is 0 Å². The molecule has 0 aromatic carbocycles. The third kappa shape index (κ3) is 3.23. The van der Waals surface area contributed by atoms with Gasteiger partial charge in [-0.1, -0.05) is 18.6 Å². The average molecular weight is 505 g/mol. The molecule has 3 aliphatic heterocycles. The van der Waals surface area contributed by atoms with Crippen LogP contribution in [-0.2, 0) is 47.6 Å². The first-order valence-electron chi connectivity index (χ1n) is 12.2. The highest BCUT2D eigenvalue weighted by atomic mass is 16.7. The summed E-state index contributed by atoms with van der Waals surface area (Å²) in [6.45, 7) is 11.1. The van der Waals surface area contributed by atoms with E-state index in [-0.39, 0.29) is 6.10 Å². The monoisotopic (exact) mass is 504 g/mol.